The topological polar surface area (TPSA) is 120 Å². The molecule has 540 valence electrons. The van der Waals surface area contributed by atoms with E-state index >= 15 is 0 Å². The maximum absolute atomic E-state index is 12.9. The van der Waals surface area contributed by atoms with E-state index in [1.54, 1.807) is 0 Å². The monoisotopic (exact) mass is 1320 g/mol. The minimum Gasteiger partial charge on any atom is -0.464 e. The summed E-state index contributed by atoms with van der Waals surface area (Å²) in [6, 6.07) is 0. The normalized spacial score (nSPS) is 14.9. The van der Waals surface area contributed by atoms with Gasteiger partial charge in [-0.1, -0.05) is 285 Å². The summed E-state index contributed by atoms with van der Waals surface area (Å²) in [7, 11) is 4.07. The number of piperazine rings is 1. The zero-order chi connectivity index (χ0) is 65.8. The quantitative estimate of drug-likeness (QED) is 0.0201. The van der Waals surface area contributed by atoms with Crippen molar-refractivity contribution < 1.29 is 30.0 Å². The summed E-state index contributed by atoms with van der Waals surface area (Å²) in [6.07, 6.45) is 69.4. The number of aliphatic hydroxyl groups excluding tert-OH is 4. The Hall–Kier alpha value is -0.670. The zero-order valence-electron chi connectivity index (χ0n) is 61.0. The average molecular weight is 1320 g/mol. The first-order valence-electron chi connectivity index (χ1n) is 40.0. The zero-order valence-corrected chi connectivity index (χ0v) is 62.6. The molecule has 0 aromatic heterocycles. The summed E-state index contributed by atoms with van der Waals surface area (Å²) in [6.45, 7) is 19.8. The molecule has 1 saturated heterocycles. The number of esters is 1. The molecule has 0 aliphatic carbocycles. The van der Waals surface area contributed by atoms with Gasteiger partial charge in [0.1, 0.15) is 6.61 Å². The van der Waals surface area contributed by atoms with Crippen LogP contribution >= 0.6 is 21.6 Å². The van der Waals surface area contributed by atoms with Crippen LogP contribution in [-0.4, -0.2) is 167 Å². The molecule has 0 spiro atoms. The van der Waals surface area contributed by atoms with Crippen LogP contribution in [0.15, 0.2) is 24.3 Å². The molecule has 0 aromatic carbocycles. The molecule has 1 heterocycles. The van der Waals surface area contributed by atoms with Crippen LogP contribution in [0.4, 0.5) is 0 Å². The maximum Gasteiger partial charge on any atom is 0.305 e. The lowest BCUT2D eigenvalue weighted by Crippen LogP contribution is -2.47. The van der Waals surface area contributed by atoms with Crippen molar-refractivity contribution in [3.05, 3.63) is 24.3 Å². The third kappa shape index (κ3) is 63.8. The molecule has 0 amide bonds. The van der Waals surface area contributed by atoms with E-state index in [0.29, 0.717) is 52.2 Å². The summed E-state index contributed by atoms with van der Waals surface area (Å²) >= 11 is 0. The Kier molecular flexibility index (Phi) is 68.6. The summed E-state index contributed by atoms with van der Waals surface area (Å²) < 4.78 is 5.74. The number of rotatable bonds is 73. The minimum atomic E-state index is -0.401. The fraction of sp³-hybridized carbons (Fsp3) is 0.937. The minimum absolute atomic E-state index is 0.137. The molecule has 2 unspecified atom stereocenters. The van der Waals surface area contributed by atoms with Crippen molar-refractivity contribution in [1.29, 1.82) is 0 Å². The van der Waals surface area contributed by atoms with E-state index in [1.165, 1.54) is 268 Å². The number of unbranched alkanes of at least 4 members (excludes halogenated alkanes) is 37. The standard InChI is InChI=1S/C79H156N4O6S2/c1-5-9-13-17-21-25-27-29-31-33-35-39-43-48-55-75(84)71-82(72-76(85)56-49-44-40-36-34-32-30-28-26-22-18-14-10-6-2)61-50-45-52-69-90-91-70-53-51-60-80-63-65-81(66-64-80)67-68-89-79(88)59-54-62-83(73-77(86)57-46-41-37-23-19-15-11-7-3)74-78(87)58-47-42-38-24-20-16-12-8-4/h29-32,75-78,84-87H,5-28,33-74H2,1-4H3/b31-29-,32-30-/t75-,76-,77?,78?/m0/s1. The third-order valence-electron chi connectivity index (χ3n) is 19.0. The van der Waals surface area contributed by atoms with Crippen molar-refractivity contribution in [2.75, 3.05) is 96.6 Å². The van der Waals surface area contributed by atoms with E-state index in [-0.39, 0.29) is 18.2 Å². The molecule has 4 N–H and O–H groups in total. The van der Waals surface area contributed by atoms with E-state index in [2.05, 4.69) is 71.6 Å². The van der Waals surface area contributed by atoms with Crippen LogP contribution in [0.3, 0.4) is 0 Å². The van der Waals surface area contributed by atoms with Crippen LogP contribution < -0.4 is 0 Å². The third-order valence-corrected chi connectivity index (χ3v) is 21.6. The molecule has 12 heteroatoms. The van der Waals surface area contributed by atoms with Gasteiger partial charge >= 0.3 is 5.97 Å². The second-order valence-corrected chi connectivity index (χ2v) is 30.8. The number of carbonyl (C=O) groups excluding carboxylic acids is 1. The molecule has 1 aliphatic heterocycles. The number of ether oxygens (including phenoxy) is 1. The van der Waals surface area contributed by atoms with Crippen molar-refractivity contribution in [3.63, 3.8) is 0 Å². The van der Waals surface area contributed by atoms with Gasteiger partial charge in [-0.15, -0.1) is 0 Å². The van der Waals surface area contributed by atoms with Gasteiger partial charge in [-0.25, -0.2) is 0 Å². The van der Waals surface area contributed by atoms with E-state index in [0.717, 1.165) is 104 Å². The first-order chi connectivity index (χ1) is 44.7. The summed E-state index contributed by atoms with van der Waals surface area (Å²) in [5, 5.41) is 44.4. The van der Waals surface area contributed by atoms with E-state index in [9.17, 15) is 25.2 Å². The number of nitrogens with zero attached hydrogens (tertiary/aromatic N) is 4. The molecule has 91 heavy (non-hydrogen) atoms. The summed E-state index contributed by atoms with van der Waals surface area (Å²) in [5.74, 6) is 2.25. The maximum atomic E-state index is 12.9. The highest BCUT2D eigenvalue weighted by Gasteiger charge is 2.20. The van der Waals surface area contributed by atoms with Crippen molar-refractivity contribution >= 4 is 27.6 Å². The Labute approximate surface area is 574 Å². The molecule has 1 rings (SSSR count). The van der Waals surface area contributed by atoms with Gasteiger partial charge in [-0.05, 0) is 129 Å². The van der Waals surface area contributed by atoms with Gasteiger partial charge in [0.15, 0.2) is 0 Å². The van der Waals surface area contributed by atoms with E-state index in [1.807, 2.05) is 21.6 Å². The Bertz CT molecular complexity index is 1450. The second-order valence-electron chi connectivity index (χ2n) is 28.1. The number of aliphatic hydroxyl groups is 4. The van der Waals surface area contributed by atoms with E-state index in [4.69, 9.17) is 4.74 Å². The molecule has 0 saturated carbocycles. The van der Waals surface area contributed by atoms with Crippen LogP contribution in [0.25, 0.3) is 0 Å². The Morgan fingerprint density at radius 2 is 0.648 bits per heavy atom. The summed E-state index contributed by atoms with van der Waals surface area (Å²) in [5.41, 5.74) is 0. The highest BCUT2D eigenvalue weighted by atomic mass is 33.1. The lowest BCUT2D eigenvalue weighted by molar-refractivity contribution is -0.144. The predicted molar refractivity (Wildman–Crippen MR) is 402 cm³/mol. The van der Waals surface area contributed by atoms with Gasteiger partial charge in [0.2, 0.25) is 0 Å². The number of carbonyl (C=O) groups is 1. The Morgan fingerprint density at radius 1 is 0.363 bits per heavy atom. The van der Waals surface area contributed by atoms with Crippen LogP contribution in [-0.2, 0) is 9.53 Å². The molecule has 0 aromatic rings. The molecular formula is C79H156N4O6S2. The van der Waals surface area contributed by atoms with Gasteiger partial charge in [0.05, 0.1) is 24.4 Å². The number of hydrogen-bond donors (Lipinski definition) is 4. The lowest BCUT2D eigenvalue weighted by Gasteiger charge is -2.34. The first kappa shape index (κ1) is 88.3. The Morgan fingerprint density at radius 3 is 1.00 bits per heavy atom. The summed E-state index contributed by atoms with van der Waals surface area (Å²) in [4.78, 5) is 22.5. The van der Waals surface area contributed by atoms with Crippen LogP contribution in [0.2, 0.25) is 0 Å². The van der Waals surface area contributed by atoms with Crippen LogP contribution in [0.5, 0.6) is 0 Å². The molecule has 0 radical (unpaired) electrons. The van der Waals surface area contributed by atoms with Gasteiger partial charge in [0.25, 0.3) is 0 Å². The predicted octanol–water partition coefficient (Wildman–Crippen LogP) is 20.7. The molecule has 0 bridgehead atoms. The van der Waals surface area contributed by atoms with Gasteiger partial charge in [0, 0.05) is 76.8 Å². The SMILES string of the molecule is CCCCCCCC/C=C\CCCCCC[C@H](O)CN(CCCCCSSCCCCN1CCN(CCOC(=O)CCCN(CC(O)CCCCCCCCCC)CC(O)CCCCCCCCCC)CC1)C[C@@H](O)CCCCCC/C=C\CCCCCCCC. The smallest absolute Gasteiger partial charge is 0.305 e. The Balaban J connectivity index is 2.33. The number of allylic oxidation sites excluding steroid dienone is 4. The van der Waals surface area contributed by atoms with Gasteiger partial charge < -0.3 is 30.1 Å². The molecule has 1 fully saturated rings. The largest absolute Gasteiger partial charge is 0.464 e. The van der Waals surface area contributed by atoms with E-state index < -0.39 is 12.2 Å². The van der Waals surface area contributed by atoms with Crippen LogP contribution in [0, 0.1) is 0 Å². The molecular weight excluding hydrogens is 1170 g/mol. The van der Waals surface area contributed by atoms with Gasteiger partial charge in [-0.3, -0.25) is 19.5 Å². The second kappa shape index (κ2) is 70.6. The average Bonchev–Trinajstić information content (AvgIpc) is 3.71. The van der Waals surface area contributed by atoms with Crippen molar-refractivity contribution in [2.45, 2.75) is 380 Å². The molecule has 1 aliphatic rings. The molecule has 4 atom stereocenters. The van der Waals surface area contributed by atoms with Gasteiger partial charge in [-0.2, -0.15) is 0 Å². The highest BCUT2D eigenvalue weighted by Crippen LogP contribution is 2.25. The lowest BCUT2D eigenvalue weighted by atomic mass is 10.0. The first-order valence-corrected chi connectivity index (χ1v) is 42.5. The highest BCUT2D eigenvalue weighted by molar-refractivity contribution is 8.76. The molecule has 10 nitrogen and oxygen atoms in total. The van der Waals surface area contributed by atoms with Crippen LogP contribution in [0.1, 0.15) is 355 Å². The van der Waals surface area contributed by atoms with Crippen molar-refractivity contribution in [2.24, 2.45) is 0 Å². The van der Waals surface area contributed by atoms with Crippen molar-refractivity contribution in [1.82, 2.24) is 19.6 Å². The number of hydrogen-bond acceptors (Lipinski definition) is 12. The fourth-order valence-electron chi connectivity index (χ4n) is 13.0. The fourth-order valence-corrected chi connectivity index (χ4v) is 15.3. The van der Waals surface area contributed by atoms with Crippen molar-refractivity contribution in [3.8, 4) is 0 Å².